The third kappa shape index (κ3) is 11.1. The van der Waals surface area contributed by atoms with Crippen LogP contribution in [0.3, 0.4) is 0 Å². The average molecular weight is 686 g/mol. The maximum atomic E-state index is 11.2. The Kier molecular flexibility index (Phi) is 17.2. The molecule has 0 amide bonds. The molecule has 0 spiro atoms. The minimum absolute atomic E-state index is 0. The second-order valence-corrected chi connectivity index (χ2v) is 11.8. The van der Waals surface area contributed by atoms with Gasteiger partial charge < -0.3 is 14.9 Å². The van der Waals surface area contributed by atoms with Crippen molar-refractivity contribution in [2.75, 3.05) is 26.2 Å². The molecule has 2 N–H and O–H groups in total. The van der Waals surface area contributed by atoms with Gasteiger partial charge in [0.05, 0.1) is 12.1 Å². The Labute approximate surface area is 288 Å². The molecule has 0 bridgehead atoms. The number of hydrogen-bond acceptors (Lipinski definition) is 9. The number of esters is 1. The monoisotopic (exact) mass is 685 g/mol. The second kappa shape index (κ2) is 20.5. The molecule has 2 fully saturated rings. The number of carbonyl (C=O) groups excluding carboxylic acids is 1. The van der Waals surface area contributed by atoms with Crippen molar-refractivity contribution < 1.29 is 29.6 Å². The third-order valence-corrected chi connectivity index (χ3v) is 8.71. The van der Waals surface area contributed by atoms with Crippen molar-refractivity contribution >= 4 is 18.4 Å². The molecule has 12 heteroatoms. The van der Waals surface area contributed by atoms with E-state index in [2.05, 4.69) is 46.0 Å². The quantitative estimate of drug-likeness (QED) is 0.109. The summed E-state index contributed by atoms with van der Waals surface area (Å²) in [6.07, 6.45) is 3.99. The van der Waals surface area contributed by atoms with Crippen LogP contribution in [-0.2, 0) is 15.1 Å². The Balaban J connectivity index is 0.000000367. The molecule has 3 atom stereocenters. The van der Waals surface area contributed by atoms with Gasteiger partial charge in [-0.2, -0.15) is 0 Å². The number of aliphatic hydroxyl groups excluding tert-OH is 2. The van der Waals surface area contributed by atoms with Gasteiger partial charge in [0.1, 0.15) is 12.2 Å². The van der Waals surface area contributed by atoms with E-state index in [4.69, 9.17) is 0 Å². The van der Waals surface area contributed by atoms with Crippen LogP contribution in [0.15, 0.2) is 91.0 Å². The number of hydrogen-bond donors (Lipinski definition) is 2. The summed E-state index contributed by atoms with van der Waals surface area (Å²) < 4.78 is 4.40. The molecule has 11 nitrogen and oxygen atoms in total. The molecule has 1 aliphatic heterocycles. The summed E-state index contributed by atoms with van der Waals surface area (Å²) in [6.45, 7) is 3.67. The SMILES string of the molecule is CCOC(C)=O.Cl.O=[N+]([O-])C[C@@H](O)C1CCCC1.O=[N+]([O-])C[C@@H](O)[C@@H]1CCCN1C(c1ccccc1)(c1ccccc1)c1ccccc1. The van der Waals surface area contributed by atoms with Gasteiger partial charge in [0.15, 0.2) is 0 Å². The highest BCUT2D eigenvalue weighted by atomic mass is 35.5. The molecule has 262 valence electrons. The Morgan fingerprint density at radius 1 is 0.792 bits per heavy atom. The van der Waals surface area contributed by atoms with Gasteiger partial charge in [-0.15, -0.1) is 12.4 Å². The van der Waals surface area contributed by atoms with Gasteiger partial charge in [-0.25, -0.2) is 0 Å². The van der Waals surface area contributed by atoms with E-state index in [1.54, 1.807) is 6.92 Å². The molecular weight excluding hydrogens is 638 g/mol. The Morgan fingerprint density at radius 3 is 1.56 bits per heavy atom. The number of nitro groups is 2. The van der Waals surface area contributed by atoms with E-state index >= 15 is 0 Å². The lowest BCUT2D eigenvalue weighted by atomic mass is 9.75. The van der Waals surface area contributed by atoms with Crippen LogP contribution in [0.4, 0.5) is 0 Å². The Hall–Kier alpha value is -3.90. The zero-order valence-electron chi connectivity index (χ0n) is 27.6. The Bertz CT molecular complexity index is 1280. The van der Waals surface area contributed by atoms with E-state index in [1.165, 1.54) is 6.92 Å². The topological polar surface area (TPSA) is 156 Å². The van der Waals surface area contributed by atoms with Crippen molar-refractivity contribution in [2.24, 2.45) is 5.92 Å². The molecule has 3 aromatic carbocycles. The van der Waals surface area contributed by atoms with Crippen LogP contribution in [-0.4, -0.2) is 75.4 Å². The minimum Gasteiger partial charge on any atom is -0.466 e. The number of halogens is 1. The first kappa shape index (κ1) is 40.3. The highest BCUT2D eigenvalue weighted by Gasteiger charge is 2.49. The van der Waals surface area contributed by atoms with E-state index in [1.807, 2.05) is 54.6 Å². The van der Waals surface area contributed by atoms with Gasteiger partial charge in [-0.3, -0.25) is 29.9 Å². The second-order valence-electron chi connectivity index (χ2n) is 11.8. The lowest BCUT2D eigenvalue weighted by molar-refractivity contribution is -0.492. The molecule has 2 aliphatic rings. The van der Waals surface area contributed by atoms with Crippen molar-refractivity contribution in [3.63, 3.8) is 0 Å². The van der Waals surface area contributed by atoms with E-state index in [-0.39, 0.29) is 36.9 Å². The maximum Gasteiger partial charge on any atom is 0.302 e. The summed E-state index contributed by atoms with van der Waals surface area (Å²) in [4.78, 5) is 32.4. The predicted molar refractivity (Wildman–Crippen MR) is 186 cm³/mol. The average Bonchev–Trinajstić information content (AvgIpc) is 3.77. The Morgan fingerprint density at radius 2 is 1.21 bits per heavy atom. The van der Waals surface area contributed by atoms with E-state index in [9.17, 15) is 35.2 Å². The van der Waals surface area contributed by atoms with Crippen LogP contribution < -0.4 is 0 Å². The van der Waals surface area contributed by atoms with Crippen LogP contribution in [0.25, 0.3) is 0 Å². The normalized spacial score (nSPS) is 17.4. The van der Waals surface area contributed by atoms with Crippen molar-refractivity contribution in [1.29, 1.82) is 0 Å². The van der Waals surface area contributed by atoms with Gasteiger partial charge in [0, 0.05) is 29.4 Å². The van der Waals surface area contributed by atoms with Crippen LogP contribution in [0.2, 0.25) is 0 Å². The molecule has 0 unspecified atom stereocenters. The molecule has 1 aliphatic carbocycles. The summed E-state index contributed by atoms with van der Waals surface area (Å²) in [6, 6.07) is 30.4. The smallest absolute Gasteiger partial charge is 0.302 e. The van der Waals surface area contributed by atoms with Gasteiger partial charge in [0.25, 0.3) is 0 Å². The molecule has 5 rings (SSSR count). The number of aliphatic hydroxyl groups is 2. The van der Waals surface area contributed by atoms with E-state index in [0.29, 0.717) is 6.61 Å². The lowest BCUT2D eigenvalue weighted by Crippen LogP contribution is -2.54. The number of carbonyl (C=O) groups is 1. The first-order chi connectivity index (χ1) is 22.6. The molecule has 0 aromatic heterocycles. The van der Waals surface area contributed by atoms with Crippen molar-refractivity contribution in [2.45, 2.75) is 76.2 Å². The first-order valence-corrected chi connectivity index (χ1v) is 16.3. The standard InChI is InChI=1S/C25H26N2O3.C7H13NO3.C4H8O2.ClH/c28-24(19-27(29)30)23-17-10-18-26(23)25(20-11-4-1-5-12-20,21-13-6-2-7-14-21)22-15-8-3-9-16-22;9-7(5-8(10)11)6-3-1-2-4-6;1-3-6-4(2)5;/h1-9,11-16,23-24,28H,10,17-19H2;6-7,9H,1-5H2;3H2,1-2H3;1H/t23-,24+;7-;;/m01../s1. The summed E-state index contributed by atoms with van der Waals surface area (Å²) in [5, 5.41) is 41.3. The fourth-order valence-corrected chi connectivity index (χ4v) is 6.77. The summed E-state index contributed by atoms with van der Waals surface area (Å²) in [7, 11) is 0. The number of likely N-dealkylation sites (tertiary alicyclic amines) is 1. The number of nitrogens with zero attached hydrogens (tertiary/aromatic N) is 3. The van der Waals surface area contributed by atoms with Crippen LogP contribution in [0, 0.1) is 26.1 Å². The van der Waals surface area contributed by atoms with Crippen molar-refractivity contribution in [3.8, 4) is 0 Å². The van der Waals surface area contributed by atoms with E-state index in [0.717, 1.165) is 61.8 Å². The molecule has 1 heterocycles. The summed E-state index contributed by atoms with van der Waals surface area (Å²) in [5.41, 5.74) is 2.61. The van der Waals surface area contributed by atoms with Crippen LogP contribution in [0.1, 0.15) is 69.1 Å². The van der Waals surface area contributed by atoms with Crippen molar-refractivity contribution in [3.05, 3.63) is 128 Å². The zero-order valence-corrected chi connectivity index (χ0v) is 28.5. The molecule has 1 saturated carbocycles. The number of benzene rings is 3. The molecule has 1 saturated heterocycles. The highest BCUT2D eigenvalue weighted by Crippen LogP contribution is 2.46. The predicted octanol–water partition coefficient (Wildman–Crippen LogP) is 5.89. The maximum absolute atomic E-state index is 11.2. The van der Waals surface area contributed by atoms with Gasteiger partial charge in [-0.1, -0.05) is 104 Å². The number of ether oxygens (including phenoxy) is 1. The van der Waals surface area contributed by atoms with Crippen LogP contribution in [0.5, 0.6) is 0 Å². The zero-order chi connectivity index (χ0) is 34.2. The molecule has 3 aromatic rings. The lowest BCUT2D eigenvalue weighted by Gasteiger charge is -2.47. The molecular formula is C36H48ClN3O8. The van der Waals surface area contributed by atoms with Crippen LogP contribution >= 0.6 is 12.4 Å². The minimum atomic E-state index is -1.03. The van der Waals surface area contributed by atoms with Crippen molar-refractivity contribution in [1.82, 2.24) is 4.90 Å². The van der Waals surface area contributed by atoms with E-state index < -0.39 is 34.1 Å². The summed E-state index contributed by atoms with van der Waals surface area (Å²) >= 11 is 0. The molecule has 48 heavy (non-hydrogen) atoms. The highest BCUT2D eigenvalue weighted by molar-refractivity contribution is 5.85. The van der Waals surface area contributed by atoms with Gasteiger partial charge >= 0.3 is 5.97 Å². The fourth-order valence-electron chi connectivity index (χ4n) is 6.77. The molecule has 0 radical (unpaired) electrons. The third-order valence-electron chi connectivity index (χ3n) is 8.71. The summed E-state index contributed by atoms with van der Waals surface area (Å²) in [5.74, 6) is -0.0297. The van der Waals surface area contributed by atoms with Gasteiger partial charge in [-0.05, 0) is 55.2 Å². The first-order valence-electron chi connectivity index (χ1n) is 16.3. The fraction of sp³-hybridized carbons (Fsp3) is 0.472. The largest absolute Gasteiger partial charge is 0.466 e. The van der Waals surface area contributed by atoms with Gasteiger partial charge in [0.2, 0.25) is 13.1 Å². The number of rotatable bonds is 11.